The van der Waals surface area contributed by atoms with Crippen LogP contribution in [0, 0.1) is 13.8 Å². The highest BCUT2D eigenvalue weighted by molar-refractivity contribution is 5.99. The molecule has 0 saturated carbocycles. The van der Waals surface area contributed by atoms with Crippen molar-refractivity contribution in [3.8, 4) is 5.75 Å². The van der Waals surface area contributed by atoms with E-state index in [2.05, 4.69) is 15.0 Å². The molecule has 19 heavy (non-hydrogen) atoms. The van der Waals surface area contributed by atoms with Crippen molar-refractivity contribution < 1.29 is 4.74 Å². The molecule has 1 aromatic carbocycles. The Hall–Kier alpha value is -2.23. The van der Waals surface area contributed by atoms with E-state index in [9.17, 15) is 0 Å². The van der Waals surface area contributed by atoms with Crippen LogP contribution in [-0.2, 0) is 0 Å². The van der Waals surface area contributed by atoms with Crippen LogP contribution in [0.3, 0.4) is 0 Å². The lowest BCUT2D eigenvalue weighted by atomic mass is 10.2. The Kier molecular flexibility index (Phi) is 3.90. The van der Waals surface area contributed by atoms with Crippen molar-refractivity contribution in [1.82, 2.24) is 9.97 Å². The number of aromatic nitrogens is 2. The van der Waals surface area contributed by atoms with Crippen molar-refractivity contribution in [1.29, 1.82) is 0 Å². The number of hydrogen-bond acceptors (Lipinski definition) is 4. The summed E-state index contributed by atoms with van der Waals surface area (Å²) in [7, 11) is 1.65. The Labute approximate surface area is 113 Å². The number of methoxy groups -OCH3 is 1. The fraction of sp³-hybridized carbons (Fsp3) is 0.267. The number of rotatable bonds is 3. The van der Waals surface area contributed by atoms with Gasteiger partial charge in [0, 0.05) is 12.4 Å². The van der Waals surface area contributed by atoms with E-state index in [-0.39, 0.29) is 0 Å². The highest BCUT2D eigenvalue weighted by atomic mass is 16.5. The van der Waals surface area contributed by atoms with Gasteiger partial charge in [-0.3, -0.25) is 9.97 Å². The number of hydrogen-bond donors (Lipinski definition) is 0. The number of nitrogens with zero attached hydrogens (tertiary/aromatic N) is 3. The number of aliphatic imine (C=N–C) groups is 1. The lowest BCUT2D eigenvalue weighted by Crippen LogP contribution is -2.03. The molecule has 98 valence electrons. The Balaban J connectivity index is 2.44. The summed E-state index contributed by atoms with van der Waals surface area (Å²) in [6.45, 7) is 5.87. The standard InChI is InChI=1S/C15H17N3O/c1-10-5-6-13(14(9-10)19-4)18-12(3)15-11(2)16-7-8-17-15/h5-9H,1-4H3. The van der Waals surface area contributed by atoms with Crippen molar-refractivity contribution in [3.05, 3.63) is 47.5 Å². The molecule has 0 amide bonds. The normalized spacial score (nSPS) is 11.5. The van der Waals surface area contributed by atoms with E-state index in [4.69, 9.17) is 4.74 Å². The van der Waals surface area contributed by atoms with E-state index in [0.29, 0.717) is 0 Å². The van der Waals surface area contributed by atoms with E-state index in [1.165, 1.54) is 0 Å². The van der Waals surface area contributed by atoms with Crippen LogP contribution in [0.2, 0.25) is 0 Å². The van der Waals surface area contributed by atoms with Crippen LogP contribution in [0.25, 0.3) is 0 Å². The van der Waals surface area contributed by atoms with Gasteiger partial charge >= 0.3 is 0 Å². The molecule has 0 saturated heterocycles. The van der Waals surface area contributed by atoms with E-state index in [1.54, 1.807) is 19.5 Å². The Bertz CT molecular complexity index is 621. The second kappa shape index (κ2) is 5.61. The summed E-state index contributed by atoms with van der Waals surface area (Å²) in [4.78, 5) is 13.1. The topological polar surface area (TPSA) is 47.4 Å². The molecule has 0 bridgehead atoms. The number of ether oxygens (including phenoxy) is 1. The zero-order chi connectivity index (χ0) is 13.8. The second-order valence-corrected chi connectivity index (χ2v) is 4.36. The highest BCUT2D eigenvalue weighted by Gasteiger charge is 2.07. The SMILES string of the molecule is COc1cc(C)ccc1N=C(C)c1nccnc1C. The Morgan fingerprint density at radius 2 is 1.89 bits per heavy atom. The molecular formula is C15H17N3O. The van der Waals surface area contributed by atoms with Gasteiger partial charge in [0.25, 0.3) is 0 Å². The van der Waals surface area contributed by atoms with Crippen LogP contribution in [0.5, 0.6) is 5.75 Å². The molecule has 0 atom stereocenters. The van der Waals surface area contributed by atoms with Crippen LogP contribution in [0.15, 0.2) is 35.6 Å². The molecule has 0 N–H and O–H groups in total. The third-order valence-electron chi connectivity index (χ3n) is 2.85. The van der Waals surface area contributed by atoms with Crippen molar-refractivity contribution in [3.63, 3.8) is 0 Å². The molecule has 4 nitrogen and oxygen atoms in total. The van der Waals surface area contributed by atoms with Crippen molar-refractivity contribution in [2.45, 2.75) is 20.8 Å². The molecule has 4 heteroatoms. The van der Waals surface area contributed by atoms with Crippen LogP contribution in [-0.4, -0.2) is 22.8 Å². The van der Waals surface area contributed by atoms with Gasteiger partial charge in [0.05, 0.1) is 18.5 Å². The molecule has 2 aromatic rings. The average molecular weight is 255 g/mol. The van der Waals surface area contributed by atoms with E-state index < -0.39 is 0 Å². The van der Waals surface area contributed by atoms with Crippen molar-refractivity contribution in [2.24, 2.45) is 4.99 Å². The quantitative estimate of drug-likeness (QED) is 0.791. The lowest BCUT2D eigenvalue weighted by molar-refractivity contribution is 0.416. The summed E-state index contributed by atoms with van der Waals surface area (Å²) in [6.07, 6.45) is 3.35. The molecule has 0 unspecified atom stereocenters. The number of aryl methyl sites for hydroxylation is 2. The maximum atomic E-state index is 5.35. The van der Waals surface area contributed by atoms with Gasteiger partial charge in [-0.05, 0) is 38.5 Å². The van der Waals surface area contributed by atoms with Gasteiger partial charge in [-0.15, -0.1) is 0 Å². The predicted molar refractivity (Wildman–Crippen MR) is 76.4 cm³/mol. The van der Waals surface area contributed by atoms with Crippen molar-refractivity contribution >= 4 is 11.4 Å². The fourth-order valence-electron chi connectivity index (χ4n) is 1.87. The fourth-order valence-corrected chi connectivity index (χ4v) is 1.87. The first kappa shape index (κ1) is 13.2. The summed E-state index contributed by atoms with van der Waals surface area (Å²) >= 11 is 0. The molecular weight excluding hydrogens is 238 g/mol. The first-order valence-corrected chi connectivity index (χ1v) is 6.09. The molecule has 1 heterocycles. The third kappa shape index (κ3) is 2.96. The number of benzene rings is 1. The van der Waals surface area contributed by atoms with Crippen LogP contribution in [0.4, 0.5) is 5.69 Å². The largest absolute Gasteiger partial charge is 0.494 e. The highest BCUT2D eigenvalue weighted by Crippen LogP contribution is 2.28. The van der Waals surface area contributed by atoms with Gasteiger partial charge in [-0.2, -0.15) is 0 Å². The monoisotopic (exact) mass is 255 g/mol. The lowest BCUT2D eigenvalue weighted by Gasteiger charge is -2.07. The summed E-state index contributed by atoms with van der Waals surface area (Å²) in [5.74, 6) is 0.765. The first-order valence-electron chi connectivity index (χ1n) is 6.09. The van der Waals surface area contributed by atoms with Gasteiger partial charge in [-0.25, -0.2) is 4.99 Å². The summed E-state index contributed by atoms with van der Waals surface area (Å²) in [5.41, 5.74) is 4.45. The predicted octanol–water partition coefficient (Wildman–Crippen LogP) is 3.24. The van der Waals surface area contributed by atoms with Gasteiger partial charge in [0.15, 0.2) is 0 Å². The Morgan fingerprint density at radius 3 is 2.58 bits per heavy atom. The van der Waals surface area contributed by atoms with Gasteiger partial charge in [0.2, 0.25) is 0 Å². The first-order chi connectivity index (χ1) is 9.11. The molecule has 0 aliphatic heterocycles. The summed E-state index contributed by atoms with van der Waals surface area (Å²) in [6, 6.07) is 5.93. The molecule has 1 aromatic heterocycles. The maximum absolute atomic E-state index is 5.35. The van der Waals surface area contributed by atoms with Crippen LogP contribution in [0.1, 0.15) is 23.9 Å². The van der Waals surface area contributed by atoms with E-state index in [1.807, 2.05) is 39.0 Å². The summed E-state index contributed by atoms with van der Waals surface area (Å²) in [5, 5.41) is 0. The molecule has 2 rings (SSSR count). The zero-order valence-electron chi connectivity index (χ0n) is 11.6. The van der Waals surface area contributed by atoms with Crippen molar-refractivity contribution in [2.75, 3.05) is 7.11 Å². The minimum atomic E-state index is 0.765. The molecule has 0 fully saturated rings. The molecule has 0 radical (unpaired) electrons. The van der Waals surface area contributed by atoms with Gasteiger partial charge in [-0.1, -0.05) is 6.07 Å². The molecule has 0 spiro atoms. The molecule has 0 aliphatic carbocycles. The third-order valence-corrected chi connectivity index (χ3v) is 2.85. The minimum absolute atomic E-state index is 0.765. The van der Waals surface area contributed by atoms with Gasteiger partial charge < -0.3 is 4.74 Å². The summed E-state index contributed by atoms with van der Waals surface area (Å²) < 4.78 is 5.35. The second-order valence-electron chi connectivity index (χ2n) is 4.36. The van der Waals surface area contributed by atoms with E-state index in [0.717, 1.165) is 34.1 Å². The zero-order valence-corrected chi connectivity index (χ0v) is 11.6. The molecule has 0 aliphatic rings. The van der Waals surface area contributed by atoms with Gasteiger partial charge in [0.1, 0.15) is 17.1 Å². The smallest absolute Gasteiger partial charge is 0.144 e. The van der Waals surface area contributed by atoms with Crippen LogP contribution < -0.4 is 4.74 Å². The van der Waals surface area contributed by atoms with E-state index >= 15 is 0 Å². The Morgan fingerprint density at radius 1 is 1.16 bits per heavy atom. The minimum Gasteiger partial charge on any atom is -0.494 e. The average Bonchev–Trinajstić information content (AvgIpc) is 2.41. The van der Waals surface area contributed by atoms with Crippen LogP contribution >= 0.6 is 0 Å². The maximum Gasteiger partial charge on any atom is 0.144 e.